The molecule has 0 amide bonds. The van der Waals surface area contributed by atoms with Crippen LogP contribution in [0.4, 0.5) is 0 Å². The zero-order valence-electron chi connectivity index (χ0n) is 16.9. The predicted octanol–water partition coefficient (Wildman–Crippen LogP) is 6.05. The van der Waals surface area contributed by atoms with E-state index in [9.17, 15) is 5.11 Å². The monoisotopic (exact) mass is 382 g/mol. The summed E-state index contributed by atoms with van der Waals surface area (Å²) in [5, 5.41) is 13.0. The number of allylic oxidation sites excluding steroid dienone is 2. The maximum atomic E-state index is 10.6. The third-order valence-electron chi connectivity index (χ3n) is 6.23. The molecule has 1 aliphatic carbocycles. The summed E-state index contributed by atoms with van der Waals surface area (Å²) in [5.41, 5.74) is 6.96. The second kappa shape index (κ2) is 6.78. The lowest BCUT2D eigenvalue weighted by atomic mass is 9.81. The van der Waals surface area contributed by atoms with Gasteiger partial charge in [0.05, 0.1) is 6.61 Å². The Morgan fingerprint density at radius 3 is 2.55 bits per heavy atom. The Balaban J connectivity index is 1.62. The minimum absolute atomic E-state index is 0.103. The normalized spacial score (nSPS) is 21.3. The standard InChI is InChI=1S/C26H26N2O/c1-17(2)11-21-15-26(16-29,23-13-20-7-10-28-25(20)14-22(21)23)8-5-18-3-4-24-19(12-18)6-9-27-24/h3-14,21,27-29H,15-16H2,1-2H3. The average molecular weight is 383 g/mol. The number of aliphatic hydroxyl groups excluding tert-OH is 1. The molecule has 0 bridgehead atoms. The highest BCUT2D eigenvalue weighted by atomic mass is 16.3. The molecule has 3 nitrogen and oxygen atoms in total. The number of aliphatic hydroxyl groups is 1. The molecule has 0 spiro atoms. The summed E-state index contributed by atoms with van der Waals surface area (Å²) in [6, 6.07) is 15.1. The third kappa shape index (κ3) is 3.02. The van der Waals surface area contributed by atoms with Crippen molar-refractivity contribution in [1.82, 2.24) is 9.97 Å². The van der Waals surface area contributed by atoms with E-state index in [2.05, 4.69) is 84.5 Å². The van der Waals surface area contributed by atoms with Gasteiger partial charge in [0.15, 0.2) is 0 Å². The molecule has 3 N–H and O–H groups in total. The van der Waals surface area contributed by atoms with Crippen molar-refractivity contribution in [2.24, 2.45) is 0 Å². The number of hydrogen-bond acceptors (Lipinski definition) is 1. The first kappa shape index (κ1) is 18.0. The van der Waals surface area contributed by atoms with Crippen LogP contribution in [0.1, 0.15) is 42.9 Å². The summed E-state index contributed by atoms with van der Waals surface area (Å²) >= 11 is 0. The second-order valence-corrected chi connectivity index (χ2v) is 8.53. The number of aromatic amines is 2. The van der Waals surface area contributed by atoms with Gasteiger partial charge in [-0.25, -0.2) is 0 Å². The quantitative estimate of drug-likeness (QED) is 0.370. The number of hydrogen-bond donors (Lipinski definition) is 3. The van der Waals surface area contributed by atoms with Gasteiger partial charge in [-0.1, -0.05) is 29.9 Å². The number of fused-ring (bicyclic) bond motifs is 3. The number of aromatic nitrogens is 2. The van der Waals surface area contributed by atoms with Crippen molar-refractivity contribution in [2.45, 2.75) is 31.6 Å². The maximum Gasteiger partial charge on any atom is 0.0563 e. The minimum atomic E-state index is -0.371. The zero-order chi connectivity index (χ0) is 20.0. The van der Waals surface area contributed by atoms with Crippen molar-refractivity contribution in [3.63, 3.8) is 0 Å². The van der Waals surface area contributed by atoms with Crippen molar-refractivity contribution in [3.05, 3.63) is 89.3 Å². The van der Waals surface area contributed by atoms with Crippen LogP contribution in [0.3, 0.4) is 0 Å². The highest BCUT2D eigenvalue weighted by Crippen LogP contribution is 2.49. The van der Waals surface area contributed by atoms with Crippen molar-refractivity contribution in [2.75, 3.05) is 6.61 Å². The molecule has 4 aromatic rings. The molecule has 0 fully saturated rings. The van der Waals surface area contributed by atoms with E-state index in [0.717, 1.165) is 23.0 Å². The van der Waals surface area contributed by atoms with Crippen LogP contribution in [0, 0.1) is 0 Å². The molecule has 146 valence electrons. The fourth-order valence-electron chi connectivity index (χ4n) is 4.81. The maximum absolute atomic E-state index is 10.6. The molecule has 2 atom stereocenters. The summed E-state index contributed by atoms with van der Waals surface area (Å²) in [6.45, 7) is 4.40. The van der Waals surface area contributed by atoms with Crippen molar-refractivity contribution in [1.29, 1.82) is 0 Å². The summed E-state index contributed by atoms with van der Waals surface area (Å²) in [5.74, 6) is 0.312. The van der Waals surface area contributed by atoms with Crippen LogP contribution in [0.5, 0.6) is 0 Å². The lowest BCUT2D eigenvalue weighted by Crippen LogP contribution is -2.25. The van der Waals surface area contributed by atoms with E-state index in [1.807, 2.05) is 12.4 Å². The molecule has 29 heavy (non-hydrogen) atoms. The van der Waals surface area contributed by atoms with Gasteiger partial charge in [0.2, 0.25) is 0 Å². The van der Waals surface area contributed by atoms with Gasteiger partial charge in [-0.3, -0.25) is 0 Å². The smallest absolute Gasteiger partial charge is 0.0563 e. The van der Waals surface area contributed by atoms with Gasteiger partial charge in [0.25, 0.3) is 0 Å². The van der Waals surface area contributed by atoms with Crippen molar-refractivity contribution in [3.8, 4) is 0 Å². The third-order valence-corrected chi connectivity index (χ3v) is 6.23. The average Bonchev–Trinajstić information content (AvgIpc) is 3.42. The van der Waals surface area contributed by atoms with Crippen LogP contribution in [-0.4, -0.2) is 21.7 Å². The molecule has 5 rings (SSSR count). The molecular formula is C26H26N2O. The van der Waals surface area contributed by atoms with Crippen LogP contribution in [0.15, 0.2) is 72.6 Å². The van der Waals surface area contributed by atoms with Gasteiger partial charge in [-0.15, -0.1) is 0 Å². The summed E-state index contributed by atoms with van der Waals surface area (Å²) in [4.78, 5) is 6.58. The first-order valence-corrected chi connectivity index (χ1v) is 10.2. The van der Waals surface area contributed by atoms with Crippen LogP contribution in [0.2, 0.25) is 0 Å². The largest absolute Gasteiger partial charge is 0.395 e. The predicted molar refractivity (Wildman–Crippen MR) is 121 cm³/mol. The zero-order valence-corrected chi connectivity index (χ0v) is 16.9. The lowest BCUT2D eigenvalue weighted by molar-refractivity contribution is 0.223. The van der Waals surface area contributed by atoms with E-state index in [4.69, 9.17) is 0 Å². The molecule has 0 saturated heterocycles. The lowest BCUT2D eigenvalue weighted by Gasteiger charge is -2.25. The Hall–Kier alpha value is -3.04. The molecule has 0 aliphatic heterocycles. The van der Waals surface area contributed by atoms with E-state index < -0.39 is 0 Å². The Bertz CT molecular complexity index is 1250. The van der Waals surface area contributed by atoms with E-state index in [1.165, 1.54) is 27.5 Å². The van der Waals surface area contributed by atoms with E-state index in [-0.39, 0.29) is 12.0 Å². The molecule has 0 saturated carbocycles. The van der Waals surface area contributed by atoms with E-state index in [1.54, 1.807) is 0 Å². The Morgan fingerprint density at radius 2 is 1.79 bits per heavy atom. The summed E-state index contributed by atoms with van der Waals surface area (Å²) in [7, 11) is 0. The van der Waals surface area contributed by atoms with Gasteiger partial charge in [0.1, 0.15) is 0 Å². The fraction of sp³-hybridized carbons (Fsp3) is 0.231. The Labute approximate surface area is 170 Å². The molecule has 2 aromatic heterocycles. The number of benzene rings is 2. The van der Waals surface area contributed by atoms with Gasteiger partial charge in [-0.05, 0) is 84.1 Å². The Kier molecular flexibility index (Phi) is 4.21. The molecular weight excluding hydrogens is 356 g/mol. The van der Waals surface area contributed by atoms with Crippen LogP contribution in [-0.2, 0) is 5.41 Å². The number of H-pyrrole nitrogens is 2. The summed E-state index contributed by atoms with van der Waals surface area (Å²) in [6.07, 6.45) is 11.6. The number of nitrogens with one attached hydrogen (secondary N) is 2. The van der Waals surface area contributed by atoms with Crippen molar-refractivity contribution >= 4 is 27.9 Å². The highest BCUT2D eigenvalue weighted by Gasteiger charge is 2.41. The van der Waals surface area contributed by atoms with Crippen LogP contribution >= 0.6 is 0 Å². The van der Waals surface area contributed by atoms with E-state index >= 15 is 0 Å². The van der Waals surface area contributed by atoms with E-state index in [0.29, 0.717) is 5.92 Å². The molecule has 2 unspecified atom stereocenters. The molecule has 2 aromatic carbocycles. The highest BCUT2D eigenvalue weighted by molar-refractivity contribution is 5.84. The van der Waals surface area contributed by atoms with Crippen molar-refractivity contribution < 1.29 is 5.11 Å². The minimum Gasteiger partial charge on any atom is -0.395 e. The summed E-state index contributed by atoms with van der Waals surface area (Å²) < 4.78 is 0. The Morgan fingerprint density at radius 1 is 1.03 bits per heavy atom. The fourth-order valence-corrected chi connectivity index (χ4v) is 4.81. The van der Waals surface area contributed by atoms with Gasteiger partial charge in [-0.2, -0.15) is 0 Å². The van der Waals surface area contributed by atoms with Gasteiger partial charge in [0, 0.05) is 34.8 Å². The van der Waals surface area contributed by atoms with Gasteiger partial charge < -0.3 is 15.1 Å². The van der Waals surface area contributed by atoms with Crippen LogP contribution in [0.25, 0.3) is 27.9 Å². The number of rotatable bonds is 4. The van der Waals surface area contributed by atoms with Gasteiger partial charge >= 0.3 is 0 Å². The first-order chi connectivity index (χ1) is 14.1. The molecule has 1 aliphatic rings. The van der Waals surface area contributed by atoms with Crippen LogP contribution < -0.4 is 0 Å². The second-order valence-electron chi connectivity index (χ2n) is 8.53. The topological polar surface area (TPSA) is 51.8 Å². The molecule has 3 heteroatoms. The first-order valence-electron chi connectivity index (χ1n) is 10.2. The molecule has 0 radical (unpaired) electrons. The SMILES string of the molecule is CC(C)=CC1CC(C=Cc2ccc3[nH]ccc3c2)(CO)c2cc3cc[nH]c3cc21. The molecule has 2 heterocycles.